The number of sulfonamides is 1. The molecule has 2 rings (SSSR count). The molecule has 108 valence electrons. The summed E-state index contributed by atoms with van der Waals surface area (Å²) in [6.45, 7) is 1.87. The molecule has 1 N–H and O–H groups in total. The Kier molecular flexibility index (Phi) is 4.57. The van der Waals surface area contributed by atoms with E-state index in [1.165, 1.54) is 11.9 Å². The molecule has 0 saturated heterocycles. The maximum absolute atomic E-state index is 12.1. The molecule has 0 aliphatic heterocycles. The van der Waals surface area contributed by atoms with E-state index in [4.69, 9.17) is 0 Å². The molecule has 0 radical (unpaired) electrons. The van der Waals surface area contributed by atoms with Gasteiger partial charge in [0.1, 0.15) is 4.90 Å². The van der Waals surface area contributed by atoms with Gasteiger partial charge in [-0.1, -0.05) is 0 Å². The minimum Gasteiger partial charge on any atom is -0.354 e. The van der Waals surface area contributed by atoms with Crippen molar-refractivity contribution in [2.24, 2.45) is 7.05 Å². The Balaban J connectivity index is 1.94. The van der Waals surface area contributed by atoms with Gasteiger partial charge in [-0.3, -0.25) is 4.98 Å². The lowest BCUT2D eigenvalue weighted by Gasteiger charge is -2.14. The predicted molar refractivity (Wildman–Crippen MR) is 77.8 cm³/mol. The monoisotopic (exact) mass is 293 g/mol. The van der Waals surface area contributed by atoms with Crippen LogP contribution in [0.25, 0.3) is 0 Å². The van der Waals surface area contributed by atoms with Crippen LogP contribution in [-0.2, 0) is 23.5 Å². The van der Waals surface area contributed by atoms with Gasteiger partial charge in [-0.2, -0.15) is 0 Å². The normalized spacial score (nSPS) is 13.3. The van der Waals surface area contributed by atoms with Gasteiger partial charge < -0.3 is 4.57 Å². The lowest BCUT2D eigenvalue weighted by Crippen LogP contribution is -2.33. The van der Waals surface area contributed by atoms with Gasteiger partial charge in [-0.25, -0.2) is 13.1 Å². The van der Waals surface area contributed by atoms with Crippen LogP contribution in [0.4, 0.5) is 0 Å². The molecule has 0 aromatic carbocycles. The molecular formula is C14H19N3O2S. The fraction of sp³-hybridized carbons (Fsp3) is 0.357. The molecule has 20 heavy (non-hydrogen) atoms. The Morgan fingerprint density at radius 2 is 2.15 bits per heavy atom. The summed E-state index contributed by atoms with van der Waals surface area (Å²) in [6, 6.07) is 7.06. The van der Waals surface area contributed by atoms with Crippen molar-refractivity contribution in [1.82, 2.24) is 14.3 Å². The summed E-state index contributed by atoms with van der Waals surface area (Å²) in [5.41, 5.74) is 1.19. The van der Waals surface area contributed by atoms with Crippen LogP contribution >= 0.6 is 0 Å². The van der Waals surface area contributed by atoms with Crippen LogP contribution in [0.5, 0.6) is 0 Å². The fourth-order valence-corrected chi connectivity index (χ4v) is 3.26. The van der Waals surface area contributed by atoms with Crippen molar-refractivity contribution in [3.63, 3.8) is 0 Å². The van der Waals surface area contributed by atoms with Gasteiger partial charge in [-0.05, 0) is 44.0 Å². The highest BCUT2D eigenvalue weighted by Crippen LogP contribution is 2.10. The van der Waals surface area contributed by atoms with Crippen LogP contribution in [0.15, 0.2) is 47.8 Å². The number of rotatable bonds is 6. The average molecular weight is 293 g/mol. The third kappa shape index (κ3) is 3.68. The number of hydrogen-bond acceptors (Lipinski definition) is 3. The lowest BCUT2D eigenvalue weighted by molar-refractivity contribution is 0.543. The molecule has 2 aromatic rings. The molecule has 1 atom stereocenters. The van der Waals surface area contributed by atoms with Gasteiger partial charge in [0, 0.05) is 37.4 Å². The molecule has 6 heteroatoms. The van der Waals surface area contributed by atoms with Crippen LogP contribution < -0.4 is 4.72 Å². The van der Waals surface area contributed by atoms with E-state index < -0.39 is 10.0 Å². The average Bonchev–Trinajstić information content (AvgIpc) is 2.82. The first-order chi connectivity index (χ1) is 9.49. The molecule has 0 aliphatic carbocycles. The van der Waals surface area contributed by atoms with Gasteiger partial charge in [0.25, 0.3) is 0 Å². The summed E-state index contributed by atoms with van der Waals surface area (Å²) in [4.78, 5) is 4.03. The van der Waals surface area contributed by atoms with Gasteiger partial charge in [0.15, 0.2) is 0 Å². The standard InChI is InChI=1S/C14H19N3O2S/c1-12(7-8-13-5-4-10-17(13)2)16-20(18,19)14-6-3-9-15-11-14/h3-6,9-12,16H,7-8H2,1-2H3. The van der Waals surface area contributed by atoms with Crippen molar-refractivity contribution in [2.75, 3.05) is 0 Å². The maximum atomic E-state index is 12.1. The van der Waals surface area contributed by atoms with E-state index in [0.717, 1.165) is 12.8 Å². The Morgan fingerprint density at radius 3 is 2.75 bits per heavy atom. The largest absolute Gasteiger partial charge is 0.354 e. The summed E-state index contributed by atoms with van der Waals surface area (Å²) >= 11 is 0. The van der Waals surface area contributed by atoms with Gasteiger partial charge in [-0.15, -0.1) is 0 Å². The third-order valence-electron chi connectivity index (χ3n) is 3.19. The lowest BCUT2D eigenvalue weighted by atomic mass is 10.1. The first kappa shape index (κ1) is 14.7. The number of aryl methyl sites for hydroxylation is 2. The van der Waals surface area contributed by atoms with E-state index >= 15 is 0 Å². The molecule has 0 fully saturated rings. The molecular weight excluding hydrogens is 274 g/mol. The van der Waals surface area contributed by atoms with E-state index in [9.17, 15) is 8.42 Å². The van der Waals surface area contributed by atoms with Gasteiger partial charge >= 0.3 is 0 Å². The minimum absolute atomic E-state index is 0.130. The van der Waals surface area contributed by atoms with E-state index in [0.29, 0.717) is 0 Å². The summed E-state index contributed by atoms with van der Waals surface area (Å²) < 4.78 is 29.0. The number of nitrogens with one attached hydrogen (secondary N) is 1. The second-order valence-electron chi connectivity index (χ2n) is 4.86. The van der Waals surface area contributed by atoms with Crippen LogP contribution in [0.3, 0.4) is 0 Å². The van der Waals surface area contributed by atoms with Crippen LogP contribution in [0, 0.1) is 0 Å². The Morgan fingerprint density at radius 1 is 1.35 bits per heavy atom. The zero-order chi connectivity index (χ0) is 14.6. The van der Waals surface area contributed by atoms with Crippen LogP contribution in [0.2, 0.25) is 0 Å². The Hall–Kier alpha value is -1.66. The molecule has 2 aromatic heterocycles. The van der Waals surface area contributed by atoms with E-state index in [1.54, 1.807) is 18.3 Å². The molecule has 0 saturated carbocycles. The minimum atomic E-state index is -3.48. The second-order valence-corrected chi connectivity index (χ2v) is 6.57. The van der Waals surface area contributed by atoms with E-state index in [-0.39, 0.29) is 10.9 Å². The highest BCUT2D eigenvalue weighted by atomic mass is 32.2. The Labute approximate surface area is 119 Å². The molecule has 0 aliphatic rings. The molecule has 1 unspecified atom stereocenters. The topological polar surface area (TPSA) is 64.0 Å². The molecule has 2 heterocycles. The van der Waals surface area contributed by atoms with Crippen molar-refractivity contribution in [3.8, 4) is 0 Å². The quantitative estimate of drug-likeness (QED) is 0.882. The molecule has 0 spiro atoms. The van der Waals surface area contributed by atoms with Crippen molar-refractivity contribution in [2.45, 2.75) is 30.7 Å². The predicted octanol–water partition coefficient (Wildman–Crippen LogP) is 1.72. The van der Waals surface area contributed by atoms with Crippen LogP contribution in [-0.4, -0.2) is 24.0 Å². The first-order valence-corrected chi connectivity index (χ1v) is 8.00. The third-order valence-corrected chi connectivity index (χ3v) is 4.76. The summed E-state index contributed by atoms with van der Waals surface area (Å²) in [7, 11) is -1.49. The van der Waals surface area contributed by atoms with Crippen LogP contribution in [0.1, 0.15) is 19.0 Å². The SMILES string of the molecule is CC(CCc1cccn1C)NS(=O)(=O)c1cccnc1. The number of hydrogen-bond donors (Lipinski definition) is 1. The molecule has 0 bridgehead atoms. The highest BCUT2D eigenvalue weighted by molar-refractivity contribution is 7.89. The van der Waals surface area contributed by atoms with Crippen molar-refractivity contribution < 1.29 is 8.42 Å². The van der Waals surface area contributed by atoms with Crippen molar-refractivity contribution in [3.05, 3.63) is 48.5 Å². The zero-order valence-corrected chi connectivity index (χ0v) is 12.5. The Bertz CT molecular complexity index is 650. The van der Waals surface area contributed by atoms with E-state index in [2.05, 4.69) is 9.71 Å². The summed E-state index contributed by atoms with van der Waals surface area (Å²) in [5.74, 6) is 0. The van der Waals surface area contributed by atoms with Crippen molar-refractivity contribution in [1.29, 1.82) is 0 Å². The second kappa shape index (κ2) is 6.19. The zero-order valence-electron chi connectivity index (χ0n) is 11.7. The first-order valence-electron chi connectivity index (χ1n) is 6.51. The van der Waals surface area contributed by atoms with Gasteiger partial charge in [0.2, 0.25) is 10.0 Å². The molecule has 0 amide bonds. The number of nitrogens with zero attached hydrogens (tertiary/aromatic N) is 2. The number of pyridine rings is 1. The van der Waals surface area contributed by atoms with Gasteiger partial charge in [0.05, 0.1) is 0 Å². The highest BCUT2D eigenvalue weighted by Gasteiger charge is 2.17. The molecule has 5 nitrogen and oxygen atoms in total. The summed E-state index contributed by atoms with van der Waals surface area (Å²) in [6.07, 6.45) is 6.47. The maximum Gasteiger partial charge on any atom is 0.242 e. The van der Waals surface area contributed by atoms with Crippen molar-refractivity contribution >= 4 is 10.0 Å². The summed E-state index contributed by atoms with van der Waals surface area (Å²) in [5, 5.41) is 0. The van der Waals surface area contributed by atoms with E-state index in [1.807, 2.05) is 36.9 Å². The number of aromatic nitrogens is 2. The smallest absolute Gasteiger partial charge is 0.242 e. The fourth-order valence-electron chi connectivity index (χ4n) is 2.02.